The Morgan fingerprint density at radius 2 is 1.36 bits per heavy atom. The quantitative estimate of drug-likeness (QED) is 0.248. The molecule has 4 heterocycles. The summed E-state index contributed by atoms with van der Waals surface area (Å²) >= 11 is 0. The van der Waals surface area contributed by atoms with Crippen LogP contribution in [-0.2, 0) is 0 Å². The Bertz CT molecular complexity index is 2310. The van der Waals surface area contributed by atoms with E-state index in [-0.39, 0.29) is 0 Å². The standard InChI is InChI=1S/C32H17N3O/c1-2-8-18(9-3-1)19-14-15-20-22-17-23-21-10-4-7-13-27(21)36-31(23)28-29-32(35(30(22)28)26(20)16-19)34-25-12-6-5-11-24(25)33-29/h1-17H. The molecule has 0 N–H and O–H groups in total. The molecule has 0 spiro atoms. The number of aromatic nitrogens is 3. The van der Waals surface area contributed by atoms with Crippen molar-refractivity contribution in [3.8, 4) is 11.1 Å². The molecule has 5 aromatic carbocycles. The number of nitrogens with zero attached hydrogens (tertiary/aromatic N) is 3. The first-order valence-corrected chi connectivity index (χ1v) is 12.1. The maximum absolute atomic E-state index is 6.49. The Hall–Kier alpha value is -4.96. The van der Waals surface area contributed by atoms with E-state index in [0.717, 1.165) is 60.6 Å². The second-order valence-corrected chi connectivity index (χ2v) is 9.44. The summed E-state index contributed by atoms with van der Waals surface area (Å²) in [6, 6.07) is 35.9. The SMILES string of the molecule is c1ccc(-c2ccc3c4cc5c6ccccc6oc5c5c6nc7ccccc7nc6n(c3c2)c45)cc1. The Kier molecular flexibility index (Phi) is 3.25. The van der Waals surface area contributed by atoms with Gasteiger partial charge in [-0.1, -0.05) is 72.8 Å². The van der Waals surface area contributed by atoms with Gasteiger partial charge >= 0.3 is 0 Å². The highest BCUT2D eigenvalue weighted by atomic mass is 16.3. The fraction of sp³-hybridized carbons (Fsp3) is 0. The second kappa shape index (κ2) is 6.37. The molecule has 9 rings (SSSR count). The molecule has 0 fully saturated rings. The molecule has 4 heteroatoms. The number of rotatable bonds is 1. The first kappa shape index (κ1) is 18.4. The van der Waals surface area contributed by atoms with E-state index in [4.69, 9.17) is 14.4 Å². The Morgan fingerprint density at radius 3 is 2.25 bits per heavy atom. The van der Waals surface area contributed by atoms with Crippen molar-refractivity contribution in [2.24, 2.45) is 0 Å². The minimum Gasteiger partial charge on any atom is -0.455 e. The molecule has 4 aromatic heterocycles. The third-order valence-electron chi connectivity index (χ3n) is 7.50. The number of furan rings is 1. The number of hydrogen-bond acceptors (Lipinski definition) is 3. The monoisotopic (exact) mass is 459 g/mol. The molecule has 0 atom stereocenters. The van der Waals surface area contributed by atoms with Gasteiger partial charge in [0, 0.05) is 21.5 Å². The van der Waals surface area contributed by atoms with E-state index in [1.807, 2.05) is 36.4 Å². The summed E-state index contributed by atoms with van der Waals surface area (Å²) < 4.78 is 8.78. The molecule has 4 nitrogen and oxygen atoms in total. The average Bonchev–Trinajstić information content (AvgIpc) is 3.57. The summed E-state index contributed by atoms with van der Waals surface area (Å²) in [6.07, 6.45) is 0. The van der Waals surface area contributed by atoms with Crippen molar-refractivity contribution in [1.29, 1.82) is 0 Å². The third-order valence-corrected chi connectivity index (χ3v) is 7.50. The summed E-state index contributed by atoms with van der Waals surface area (Å²) in [6.45, 7) is 0. The highest BCUT2D eigenvalue weighted by Crippen LogP contribution is 2.45. The zero-order valence-electron chi connectivity index (χ0n) is 19.1. The lowest BCUT2D eigenvalue weighted by Gasteiger charge is -2.04. The molecule has 0 radical (unpaired) electrons. The van der Waals surface area contributed by atoms with Gasteiger partial charge in [0.05, 0.1) is 27.5 Å². The van der Waals surface area contributed by atoms with E-state index in [1.165, 1.54) is 21.9 Å². The number of para-hydroxylation sites is 3. The van der Waals surface area contributed by atoms with Gasteiger partial charge < -0.3 is 4.42 Å². The van der Waals surface area contributed by atoms with Gasteiger partial charge in [-0.05, 0) is 41.5 Å². The lowest BCUT2D eigenvalue weighted by atomic mass is 10.0. The topological polar surface area (TPSA) is 43.3 Å². The summed E-state index contributed by atoms with van der Waals surface area (Å²) in [5.41, 5.74) is 9.91. The highest BCUT2D eigenvalue weighted by molar-refractivity contribution is 6.32. The van der Waals surface area contributed by atoms with E-state index in [0.29, 0.717) is 0 Å². The fourth-order valence-corrected chi connectivity index (χ4v) is 5.92. The molecule has 0 aliphatic rings. The fourth-order valence-electron chi connectivity index (χ4n) is 5.92. The molecule has 0 saturated carbocycles. The molecule has 0 amide bonds. The zero-order chi connectivity index (χ0) is 23.4. The van der Waals surface area contributed by atoms with Gasteiger partial charge in [0.25, 0.3) is 0 Å². The Morgan fingerprint density at radius 1 is 0.583 bits per heavy atom. The van der Waals surface area contributed by atoms with Crippen LogP contribution in [0.5, 0.6) is 0 Å². The Balaban J connectivity index is 1.57. The van der Waals surface area contributed by atoms with Crippen LogP contribution in [0, 0.1) is 0 Å². The average molecular weight is 460 g/mol. The van der Waals surface area contributed by atoms with E-state index in [1.54, 1.807) is 0 Å². The van der Waals surface area contributed by atoms with E-state index in [9.17, 15) is 0 Å². The van der Waals surface area contributed by atoms with Crippen LogP contribution >= 0.6 is 0 Å². The van der Waals surface area contributed by atoms with Crippen LogP contribution in [-0.4, -0.2) is 14.4 Å². The first-order chi connectivity index (χ1) is 17.8. The molecule has 0 aliphatic heterocycles. The van der Waals surface area contributed by atoms with Crippen LogP contribution in [0.1, 0.15) is 0 Å². The summed E-state index contributed by atoms with van der Waals surface area (Å²) in [4.78, 5) is 10.3. The van der Waals surface area contributed by atoms with Crippen molar-refractivity contribution < 1.29 is 4.42 Å². The van der Waals surface area contributed by atoms with Gasteiger partial charge in [0.1, 0.15) is 16.7 Å². The molecule has 166 valence electrons. The maximum atomic E-state index is 6.49. The second-order valence-electron chi connectivity index (χ2n) is 9.44. The first-order valence-electron chi connectivity index (χ1n) is 12.1. The predicted octanol–water partition coefficient (Wildman–Crippen LogP) is 8.35. The van der Waals surface area contributed by atoms with Crippen molar-refractivity contribution in [1.82, 2.24) is 14.4 Å². The molecule has 0 bridgehead atoms. The zero-order valence-corrected chi connectivity index (χ0v) is 19.1. The van der Waals surface area contributed by atoms with E-state index >= 15 is 0 Å². The van der Waals surface area contributed by atoms with Crippen LogP contribution in [0.25, 0.3) is 82.5 Å². The molecule has 0 aliphatic carbocycles. The molecule has 0 saturated heterocycles. The summed E-state index contributed by atoms with van der Waals surface area (Å²) in [5.74, 6) is 0. The van der Waals surface area contributed by atoms with Crippen molar-refractivity contribution in [2.45, 2.75) is 0 Å². The third kappa shape index (κ3) is 2.19. The van der Waals surface area contributed by atoms with Crippen LogP contribution in [0.3, 0.4) is 0 Å². The normalized spacial score (nSPS) is 12.4. The van der Waals surface area contributed by atoms with Gasteiger partial charge in [-0.2, -0.15) is 0 Å². The van der Waals surface area contributed by atoms with Gasteiger partial charge in [0.2, 0.25) is 0 Å². The van der Waals surface area contributed by atoms with Gasteiger partial charge in [-0.3, -0.25) is 4.40 Å². The smallest absolute Gasteiger partial charge is 0.165 e. The lowest BCUT2D eigenvalue weighted by molar-refractivity contribution is 0.673. The van der Waals surface area contributed by atoms with Gasteiger partial charge in [0.15, 0.2) is 5.65 Å². The minimum atomic E-state index is 0.863. The Labute approximate surface area is 204 Å². The van der Waals surface area contributed by atoms with Crippen molar-refractivity contribution >= 4 is 71.3 Å². The van der Waals surface area contributed by atoms with Crippen molar-refractivity contribution in [3.05, 3.63) is 103 Å². The molecule has 36 heavy (non-hydrogen) atoms. The molecule has 0 unspecified atom stereocenters. The summed E-state index contributed by atoms with van der Waals surface area (Å²) in [7, 11) is 0. The number of hydrogen-bond donors (Lipinski definition) is 0. The molecule has 9 aromatic rings. The largest absolute Gasteiger partial charge is 0.455 e. The summed E-state index contributed by atoms with van der Waals surface area (Å²) in [5, 5.41) is 5.67. The van der Waals surface area contributed by atoms with Gasteiger partial charge in [-0.15, -0.1) is 0 Å². The van der Waals surface area contributed by atoms with E-state index < -0.39 is 0 Å². The number of benzene rings is 5. The van der Waals surface area contributed by atoms with E-state index in [2.05, 4.69) is 71.1 Å². The predicted molar refractivity (Wildman–Crippen MR) is 147 cm³/mol. The van der Waals surface area contributed by atoms with Crippen molar-refractivity contribution in [3.63, 3.8) is 0 Å². The lowest BCUT2D eigenvalue weighted by Crippen LogP contribution is -1.89. The molecular formula is C32H17N3O. The minimum absolute atomic E-state index is 0.863. The molecular weight excluding hydrogens is 442 g/mol. The van der Waals surface area contributed by atoms with Crippen molar-refractivity contribution in [2.75, 3.05) is 0 Å². The number of fused-ring (bicyclic) bond motifs is 11. The van der Waals surface area contributed by atoms with Crippen LogP contribution in [0.4, 0.5) is 0 Å². The van der Waals surface area contributed by atoms with Crippen LogP contribution in [0.15, 0.2) is 108 Å². The van der Waals surface area contributed by atoms with Crippen LogP contribution in [0.2, 0.25) is 0 Å². The van der Waals surface area contributed by atoms with Crippen LogP contribution < -0.4 is 0 Å². The maximum Gasteiger partial charge on any atom is 0.165 e. The van der Waals surface area contributed by atoms with Gasteiger partial charge in [-0.25, -0.2) is 9.97 Å². The highest BCUT2D eigenvalue weighted by Gasteiger charge is 2.25.